The van der Waals surface area contributed by atoms with Crippen molar-refractivity contribution in [2.45, 2.75) is 19.3 Å². The van der Waals surface area contributed by atoms with E-state index in [0.717, 1.165) is 17.3 Å². The standard InChI is InChI=1S/C12H13N3/c1-9-7-11(9)12-8-15(14-13-12)10-5-3-2-4-6-10/h2-6,8-9,11H,7H2,1H3/t9-,11-/m1/s1. The minimum Gasteiger partial charge on any atom is -0.220 e. The van der Waals surface area contributed by atoms with Gasteiger partial charge >= 0.3 is 0 Å². The molecule has 0 bridgehead atoms. The van der Waals surface area contributed by atoms with Crippen LogP contribution in [0.3, 0.4) is 0 Å². The molecule has 15 heavy (non-hydrogen) atoms. The summed E-state index contributed by atoms with van der Waals surface area (Å²) in [5.74, 6) is 1.42. The molecular weight excluding hydrogens is 186 g/mol. The van der Waals surface area contributed by atoms with Crippen LogP contribution in [-0.4, -0.2) is 15.0 Å². The number of para-hydroxylation sites is 1. The predicted molar refractivity (Wildman–Crippen MR) is 57.9 cm³/mol. The number of benzene rings is 1. The lowest BCUT2D eigenvalue weighted by molar-refractivity contribution is 0.793. The molecule has 0 amide bonds. The summed E-state index contributed by atoms with van der Waals surface area (Å²) in [6.07, 6.45) is 3.30. The molecule has 1 aromatic carbocycles. The van der Waals surface area contributed by atoms with Gasteiger partial charge in [0.1, 0.15) is 0 Å². The molecule has 1 aliphatic carbocycles. The minimum absolute atomic E-state index is 0.641. The average molecular weight is 199 g/mol. The summed E-state index contributed by atoms with van der Waals surface area (Å²) in [6.45, 7) is 2.26. The van der Waals surface area contributed by atoms with Gasteiger partial charge in [-0.05, 0) is 24.5 Å². The van der Waals surface area contributed by atoms with Gasteiger partial charge in [-0.3, -0.25) is 0 Å². The van der Waals surface area contributed by atoms with Crippen LogP contribution in [0, 0.1) is 5.92 Å². The fourth-order valence-corrected chi connectivity index (χ4v) is 1.89. The van der Waals surface area contributed by atoms with E-state index in [1.807, 2.05) is 41.2 Å². The van der Waals surface area contributed by atoms with Gasteiger partial charge in [-0.15, -0.1) is 5.10 Å². The van der Waals surface area contributed by atoms with E-state index in [9.17, 15) is 0 Å². The Balaban J connectivity index is 1.91. The molecule has 3 heteroatoms. The number of hydrogen-bond donors (Lipinski definition) is 0. The molecule has 76 valence electrons. The van der Waals surface area contributed by atoms with Crippen LogP contribution in [0.25, 0.3) is 5.69 Å². The van der Waals surface area contributed by atoms with E-state index >= 15 is 0 Å². The highest BCUT2D eigenvalue weighted by molar-refractivity contribution is 5.30. The van der Waals surface area contributed by atoms with Gasteiger partial charge in [0.25, 0.3) is 0 Å². The Hall–Kier alpha value is -1.64. The summed E-state index contributed by atoms with van der Waals surface area (Å²) < 4.78 is 1.85. The van der Waals surface area contributed by atoms with Crippen molar-refractivity contribution in [1.82, 2.24) is 15.0 Å². The van der Waals surface area contributed by atoms with Crippen LogP contribution in [0.15, 0.2) is 36.5 Å². The highest BCUT2D eigenvalue weighted by atomic mass is 15.4. The lowest BCUT2D eigenvalue weighted by Crippen LogP contribution is -1.93. The molecule has 0 radical (unpaired) electrons. The third-order valence-corrected chi connectivity index (χ3v) is 3.02. The van der Waals surface area contributed by atoms with E-state index in [2.05, 4.69) is 17.2 Å². The molecule has 0 saturated heterocycles. The number of nitrogens with zero attached hydrogens (tertiary/aromatic N) is 3. The van der Waals surface area contributed by atoms with Crippen LogP contribution in [0.5, 0.6) is 0 Å². The lowest BCUT2D eigenvalue weighted by atomic mass is 10.2. The van der Waals surface area contributed by atoms with Crippen molar-refractivity contribution >= 4 is 0 Å². The summed E-state index contributed by atoms with van der Waals surface area (Å²) >= 11 is 0. The first-order valence-electron chi connectivity index (χ1n) is 5.32. The molecule has 1 fully saturated rings. The Morgan fingerprint density at radius 3 is 2.67 bits per heavy atom. The van der Waals surface area contributed by atoms with E-state index in [-0.39, 0.29) is 0 Å². The smallest absolute Gasteiger partial charge is 0.0865 e. The highest BCUT2D eigenvalue weighted by Gasteiger charge is 2.36. The van der Waals surface area contributed by atoms with Gasteiger partial charge in [-0.2, -0.15) is 0 Å². The third-order valence-electron chi connectivity index (χ3n) is 3.02. The Morgan fingerprint density at radius 1 is 1.27 bits per heavy atom. The Morgan fingerprint density at radius 2 is 2.00 bits per heavy atom. The summed E-state index contributed by atoms with van der Waals surface area (Å²) in [6, 6.07) is 10.1. The third kappa shape index (κ3) is 1.54. The normalized spacial score (nSPS) is 24.1. The van der Waals surface area contributed by atoms with Crippen molar-refractivity contribution < 1.29 is 0 Å². The van der Waals surface area contributed by atoms with E-state index in [1.165, 1.54) is 6.42 Å². The molecule has 0 spiro atoms. The number of rotatable bonds is 2. The Labute approximate surface area is 88.7 Å². The molecule has 1 aromatic heterocycles. The van der Waals surface area contributed by atoms with Gasteiger partial charge in [0.2, 0.25) is 0 Å². The first kappa shape index (κ1) is 8.65. The summed E-state index contributed by atoms with van der Waals surface area (Å²) in [7, 11) is 0. The maximum Gasteiger partial charge on any atom is 0.0865 e. The molecule has 0 unspecified atom stereocenters. The zero-order valence-electron chi connectivity index (χ0n) is 8.67. The average Bonchev–Trinajstić information content (AvgIpc) is 2.83. The molecule has 3 rings (SSSR count). The van der Waals surface area contributed by atoms with E-state index in [1.54, 1.807) is 0 Å². The van der Waals surface area contributed by atoms with Gasteiger partial charge in [-0.25, -0.2) is 4.68 Å². The molecule has 2 aromatic rings. The van der Waals surface area contributed by atoms with Crippen LogP contribution in [-0.2, 0) is 0 Å². The van der Waals surface area contributed by atoms with Gasteiger partial charge in [-0.1, -0.05) is 30.3 Å². The largest absolute Gasteiger partial charge is 0.220 e. The maximum absolute atomic E-state index is 4.22. The Kier molecular flexibility index (Phi) is 1.84. The van der Waals surface area contributed by atoms with E-state index in [0.29, 0.717) is 5.92 Å². The van der Waals surface area contributed by atoms with Gasteiger partial charge < -0.3 is 0 Å². The van der Waals surface area contributed by atoms with Crippen LogP contribution >= 0.6 is 0 Å². The number of aromatic nitrogens is 3. The molecule has 0 N–H and O–H groups in total. The van der Waals surface area contributed by atoms with Crippen molar-refractivity contribution in [3.8, 4) is 5.69 Å². The van der Waals surface area contributed by atoms with Crippen LogP contribution in [0.1, 0.15) is 25.0 Å². The molecule has 0 aliphatic heterocycles. The van der Waals surface area contributed by atoms with Gasteiger partial charge in [0.15, 0.2) is 0 Å². The van der Waals surface area contributed by atoms with Gasteiger partial charge in [0, 0.05) is 5.92 Å². The lowest BCUT2D eigenvalue weighted by Gasteiger charge is -1.96. The summed E-state index contributed by atoms with van der Waals surface area (Å²) in [5, 5.41) is 8.37. The highest BCUT2D eigenvalue weighted by Crippen LogP contribution is 2.45. The minimum atomic E-state index is 0.641. The zero-order valence-corrected chi connectivity index (χ0v) is 8.67. The van der Waals surface area contributed by atoms with Crippen molar-refractivity contribution in [3.05, 3.63) is 42.2 Å². The quantitative estimate of drug-likeness (QED) is 0.743. The maximum atomic E-state index is 4.22. The van der Waals surface area contributed by atoms with Crippen molar-refractivity contribution in [2.75, 3.05) is 0 Å². The Bertz CT molecular complexity index is 461. The second-order valence-electron chi connectivity index (χ2n) is 4.24. The molecule has 1 saturated carbocycles. The fraction of sp³-hybridized carbons (Fsp3) is 0.333. The molecule has 3 nitrogen and oxygen atoms in total. The second-order valence-corrected chi connectivity index (χ2v) is 4.24. The van der Waals surface area contributed by atoms with Crippen LogP contribution in [0.2, 0.25) is 0 Å². The zero-order chi connectivity index (χ0) is 10.3. The topological polar surface area (TPSA) is 30.7 Å². The molecule has 1 heterocycles. The first-order chi connectivity index (χ1) is 7.34. The van der Waals surface area contributed by atoms with E-state index in [4.69, 9.17) is 0 Å². The molecule has 1 aliphatic rings. The summed E-state index contributed by atoms with van der Waals surface area (Å²) in [5.41, 5.74) is 2.20. The van der Waals surface area contributed by atoms with Crippen LogP contribution in [0.4, 0.5) is 0 Å². The van der Waals surface area contributed by atoms with Crippen molar-refractivity contribution in [1.29, 1.82) is 0 Å². The van der Waals surface area contributed by atoms with E-state index < -0.39 is 0 Å². The SMILES string of the molecule is C[C@@H]1C[C@H]1c1cn(-c2ccccc2)nn1. The second kappa shape index (κ2) is 3.19. The summed E-state index contributed by atoms with van der Waals surface area (Å²) in [4.78, 5) is 0. The first-order valence-corrected chi connectivity index (χ1v) is 5.32. The number of hydrogen-bond acceptors (Lipinski definition) is 2. The molecule has 2 atom stereocenters. The predicted octanol–water partition coefficient (Wildman–Crippen LogP) is 2.39. The van der Waals surface area contributed by atoms with Crippen LogP contribution < -0.4 is 0 Å². The fourth-order valence-electron chi connectivity index (χ4n) is 1.89. The van der Waals surface area contributed by atoms with Crippen molar-refractivity contribution in [3.63, 3.8) is 0 Å². The van der Waals surface area contributed by atoms with Gasteiger partial charge in [0.05, 0.1) is 17.6 Å². The monoisotopic (exact) mass is 199 g/mol. The van der Waals surface area contributed by atoms with Crippen molar-refractivity contribution in [2.24, 2.45) is 5.92 Å². The molecular formula is C12H13N3.